The molecule has 0 aliphatic carbocycles. The number of nitrogens with zero attached hydrogens (tertiary/aromatic N) is 2. The first-order valence-electron chi connectivity index (χ1n) is 13.5. The van der Waals surface area contributed by atoms with Gasteiger partial charge in [-0.1, -0.05) is 140 Å². The second-order valence-electron chi connectivity index (χ2n) is 9.95. The van der Waals surface area contributed by atoms with Crippen molar-refractivity contribution in [1.29, 1.82) is 0 Å². The summed E-state index contributed by atoms with van der Waals surface area (Å²) in [6.45, 7) is 0. The van der Waals surface area contributed by atoms with Crippen LogP contribution < -0.4 is 15.3 Å². The molecule has 0 spiro atoms. The number of ether oxygens (including phenoxy) is 1. The topological polar surface area (TPSA) is 24.8 Å². The fraction of sp³-hybridized carbons (Fsp3) is 0.114. The normalized spacial score (nSPS) is 20.0. The average Bonchev–Trinajstić information content (AvgIpc) is 3.62. The molecule has 39 heavy (non-hydrogen) atoms. The molecule has 2 aliphatic heterocycles. The predicted molar refractivity (Wildman–Crippen MR) is 162 cm³/mol. The zero-order valence-corrected chi connectivity index (χ0v) is 22.4. The van der Waals surface area contributed by atoms with Crippen LogP contribution in [0, 0.1) is 0 Å². The van der Waals surface area contributed by atoms with Crippen molar-refractivity contribution in [1.82, 2.24) is 0 Å². The minimum absolute atomic E-state index is 0.00819. The minimum atomic E-state index is -0.859. The van der Waals surface area contributed by atoms with Gasteiger partial charge in [0.2, 0.25) is 5.90 Å². The SMILES string of the molecule is c1ccc([C@H]2OC([C@@H]3Cc4ccccc4N3P(c3ccccc3)c3ccccc3)=N[C@H]2c2ccccc2)cc1. The molecule has 0 fully saturated rings. The van der Waals surface area contributed by atoms with Crippen LogP contribution in [0.1, 0.15) is 28.8 Å². The molecule has 3 atom stereocenters. The average molecular weight is 525 g/mol. The summed E-state index contributed by atoms with van der Waals surface area (Å²) in [6.07, 6.45) is 0.713. The van der Waals surface area contributed by atoms with Gasteiger partial charge in [-0.3, -0.25) is 0 Å². The highest BCUT2D eigenvalue weighted by Gasteiger charge is 2.44. The van der Waals surface area contributed by atoms with Crippen molar-refractivity contribution in [3.63, 3.8) is 0 Å². The van der Waals surface area contributed by atoms with Crippen molar-refractivity contribution in [2.24, 2.45) is 4.99 Å². The third-order valence-electron chi connectivity index (χ3n) is 7.52. The summed E-state index contributed by atoms with van der Waals surface area (Å²) < 4.78 is 9.50. The van der Waals surface area contributed by atoms with E-state index < -0.39 is 8.07 Å². The Labute approximate surface area is 231 Å². The third kappa shape index (κ3) is 4.54. The van der Waals surface area contributed by atoms with E-state index in [1.54, 1.807) is 0 Å². The highest BCUT2D eigenvalue weighted by atomic mass is 31.1. The first-order chi connectivity index (χ1) is 19.4. The van der Waals surface area contributed by atoms with E-state index in [2.05, 4.69) is 150 Å². The first kappa shape index (κ1) is 23.9. The highest BCUT2D eigenvalue weighted by molar-refractivity contribution is 7.74. The van der Waals surface area contributed by atoms with Crippen molar-refractivity contribution >= 4 is 30.3 Å². The second-order valence-corrected chi connectivity index (χ2v) is 12.0. The Bertz CT molecular complexity index is 1540. The number of fused-ring (bicyclic) bond motifs is 1. The number of hydrogen-bond acceptors (Lipinski definition) is 3. The fourth-order valence-corrected chi connectivity index (χ4v) is 8.31. The summed E-state index contributed by atoms with van der Waals surface area (Å²) in [5.41, 5.74) is 4.94. The Morgan fingerprint density at radius 2 is 1.10 bits per heavy atom. The summed E-state index contributed by atoms with van der Waals surface area (Å²) >= 11 is 0. The zero-order valence-electron chi connectivity index (χ0n) is 21.5. The third-order valence-corrected chi connectivity index (χ3v) is 10.0. The van der Waals surface area contributed by atoms with E-state index in [9.17, 15) is 0 Å². The molecule has 0 saturated carbocycles. The number of para-hydroxylation sites is 1. The van der Waals surface area contributed by atoms with Crippen molar-refractivity contribution in [3.8, 4) is 0 Å². The van der Waals surface area contributed by atoms with Crippen molar-refractivity contribution in [2.75, 3.05) is 4.67 Å². The van der Waals surface area contributed by atoms with Gasteiger partial charge in [-0.2, -0.15) is 0 Å². The van der Waals surface area contributed by atoms with Crippen LogP contribution in [0.25, 0.3) is 0 Å². The Morgan fingerprint density at radius 3 is 1.72 bits per heavy atom. The van der Waals surface area contributed by atoms with Crippen molar-refractivity contribution < 1.29 is 4.74 Å². The van der Waals surface area contributed by atoms with Gasteiger partial charge in [0.25, 0.3) is 0 Å². The van der Waals surface area contributed by atoms with E-state index in [1.807, 2.05) is 0 Å². The van der Waals surface area contributed by atoms with Crippen LogP contribution in [-0.2, 0) is 11.2 Å². The molecule has 0 saturated heterocycles. The molecule has 7 rings (SSSR count). The molecule has 0 amide bonds. The maximum Gasteiger partial charge on any atom is 0.208 e. The number of hydrogen-bond donors (Lipinski definition) is 0. The van der Waals surface area contributed by atoms with Gasteiger partial charge in [-0.25, -0.2) is 4.99 Å². The maximum absolute atomic E-state index is 6.90. The highest BCUT2D eigenvalue weighted by Crippen LogP contribution is 2.51. The van der Waals surface area contributed by atoms with E-state index in [0.717, 1.165) is 17.9 Å². The standard InChI is InChI=1S/C35H29N2OP/c1-5-15-26(16-6-1)33-34(27-17-7-2-8-18-27)38-35(36-33)32-25-28-19-13-14-24-31(28)37(32)39(29-20-9-3-10-21-29)30-22-11-4-12-23-30/h1-24,32-34H,25H2/t32-,33-,34+/m0/s1. The van der Waals surface area contributed by atoms with Crippen LogP contribution in [0.4, 0.5) is 5.69 Å². The zero-order chi connectivity index (χ0) is 26.0. The van der Waals surface area contributed by atoms with E-state index in [4.69, 9.17) is 9.73 Å². The largest absolute Gasteiger partial charge is 0.469 e. The van der Waals surface area contributed by atoms with Gasteiger partial charge in [0.05, 0.1) is 8.07 Å². The summed E-state index contributed by atoms with van der Waals surface area (Å²) in [7, 11) is -0.859. The quantitative estimate of drug-likeness (QED) is 0.217. The van der Waals surface area contributed by atoms with Crippen LogP contribution in [0.15, 0.2) is 151 Å². The summed E-state index contributed by atoms with van der Waals surface area (Å²) in [4.78, 5) is 5.36. The summed E-state index contributed by atoms with van der Waals surface area (Å²) in [5, 5.41) is 2.64. The van der Waals surface area contributed by atoms with Crippen LogP contribution in [0.5, 0.6) is 0 Å². The molecular weight excluding hydrogens is 495 g/mol. The lowest BCUT2D eigenvalue weighted by Gasteiger charge is -2.36. The minimum Gasteiger partial charge on any atom is -0.469 e. The molecular formula is C35H29N2OP. The molecule has 190 valence electrons. The molecule has 2 aliphatic rings. The van der Waals surface area contributed by atoms with Gasteiger partial charge in [-0.15, -0.1) is 0 Å². The maximum atomic E-state index is 6.90. The van der Waals surface area contributed by atoms with Crippen LogP contribution in [0.2, 0.25) is 0 Å². The molecule has 0 N–H and O–H groups in total. The Balaban J connectivity index is 1.36. The van der Waals surface area contributed by atoms with E-state index >= 15 is 0 Å². The molecule has 5 aromatic carbocycles. The van der Waals surface area contributed by atoms with Gasteiger partial charge in [0.1, 0.15) is 12.1 Å². The lowest BCUT2D eigenvalue weighted by molar-refractivity contribution is 0.190. The van der Waals surface area contributed by atoms with E-state index in [-0.39, 0.29) is 18.2 Å². The van der Waals surface area contributed by atoms with Gasteiger partial charge < -0.3 is 9.41 Å². The monoisotopic (exact) mass is 524 g/mol. The van der Waals surface area contributed by atoms with Crippen molar-refractivity contribution in [2.45, 2.75) is 24.6 Å². The van der Waals surface area contributed by atoms with Gasteiger partial charge in [0.15, 0.2) is 6.10 Å². The fourth-order valence-electron chi connectivity index (χ4n) is 5.73. The van der Waals surface area contributed by atoms with E-state index in [0.29, 0.717) is 0 Å². The molecule has 2 heterocycles. The van der Waals surface area contributed by atoms with Crippen LogP contribution in [-0.4, -0.2) is 11.9 Å². The second kappa shape index (κ2) is 10.5. The number of benzene rings is 5. The van der Waals surface area contributed by atoms with Crippen LogP contribution >= 0.6 is 8.07 Å². The summed E-state index contributed by atoms with van der Waals surface area (Å²) in [6, 6.07) is 51.6. The summed E-state index contributed by atoms with van der Waals surface area (Å²) in [5.74, 6) is 0.827. The molecule has 3 nitrogen and oxygen atoms in total. The molecule has 0 bridgehead atoms. The lowest BCUT2D eigenvalue weighted by Crippen LogP contribution is -2.40. The first-order valence-corrected chi connectivity index (χ1v) is 14.8. The van der Waals surface area contributed by atoms with Crippen LogP contribution in [0.3, 0.4) is 0 Å². The van der Waals surface area contributed by atoms with E-state index in [1.165, 1.54) is 27.4 Å². The smallest absolute Gasteiger partial charge is 0.208 e. The molecule has 0 aromatic heterocycles. The Hall–Kier alpha value is -4.20. The molecule has 5 aromatic rings. The molecule has 4 heteroatoms. The van der Waals surface area contributed by atoms with Gasteiger partial charge in [-0.05, 0) is 22.8 Å². The van der Waals surface area contributed by atoms with Crippen molar-refractivity contribution in [3.05, 3.63) is 162 Å². The predicted octanol–water partition coefficient (Wildman–Crippen LogP) is 7.38. The number of aliphatic imine (C=N–C) groups is 1. The number of anilines is 1. The Kier molecular flexibility index (Phi) is 6.44. The van der Waals surface area contributed by atoms with Gasteiger partial charge in [0, 0.05) is 22.7 Å². The Morgan fingerprint density at radius 1 is 0.590 bits per heavy atom. The molecule has 0 radical (unpaired) electrons. The molecule has 0 unspecified atom stereocenters. The lowest BCUT2D eigenvalue weighted by atomic mass is 9.97. The number of rotatable bonds is 6. The van der Waals surface area contributed by atoms with Gasteiger partial charge >= 0.3 is 0 Å².